The number of pyridine rings is 2. The van der Waals surface area contributed by atoms with Crippen molar-refractivity contribution in [1.82, 2.24) is 25.1 Å². The molecule has 4 rings (SSSR count). The van der Waals surface area contributed by atoms with Gasteiger partial charge < -0.3 is 10.6 Å². The van der Waals surface area contributed by atoms with Gasteiger partial charge in [0.05, 0.1) is 17.6 Å². The number of carbonyl (C=O) groups is 1. The summed E-state index contributed by atoms with van der Waals surface area (Å²) in [5, 5.41) is 9.89. The van der Waals surface area contributed by atoms with Crippen LogP contribution in [0.1, 0.15) is 6.92 Å². The first kappa shape index (κ1) is 20.8. The van der Waals surface area contributed by atoms with Crippen molar-refractivity contribution in [3.8, 4) is 11.3 Å². The van der Waals surface area contributed by atoms with Gasteiger partial charge in [-0.2, -0.15) is 5.10 Å². The third-order valence-electron chi connectivity index (χ3n) is 4.16. The normalized spacial score (nSPS) is 10.3. The number of anilines is 2. The molecule has 7 nitrogen and oxygen atoms in total. The summed E-state index contributed by atoms with van der Waals surface area (Å²) < 4.78 is 29.1. The smallest absolute Gasteiger partial charge is 0.207 e. The Kier molecular flexibility index (Phi) is 6.63. The van der Waals surface area contributed by atoms with E-state index in [0.717, 1.165) is 41.5 Å². The zero-order valence-corrected chi connectivity index (χ0v) is 16.4. The van der Waals surface area contributed by atoms with E-state index in [1.54, 1.807) is 35.4 Å². The van der Waals surface area contributed by atoms with Crippen molar-refractivity contribution in [1.29, 1.82) is 0 Å². The van der Waals surface area contributed by atoms with Crippen molar-refractivity contribution in [2.75, 3.05) is 11.9 Å². The maximum absolute atomic E-state index is 14.0. The average Bonchev–Trinajstić information content (AvgIpc) is 3.13. The molecule has 0 spiro atoms. The number of carbonyl (C=O) groups excluding carboxylic acids is 1. The van der Waals surface area contributed by atoms with E-state index in [1.807, 2.05) is 20.0 Å². The Labute approximate surface area is 171 Å². The van der Waals surface area contributed by atoms with Crippen LogP contribution in [0.25, 0.3) is 22.3 Å². The van der Waals surface area contributed by atoms with E-state index in [-0.39, 0.29) is 5.56 Å². The van der Waals surface area contributed by atoms with E-state index in [1.165, 1.54) is 0 Å². The minimum absolute atomic E-state index is 0.115. The SMILES string of the molecule is CCNC=O.Cn1ncc2nccc(Nc3ccnc(-c4cc(F)ccc4F)c3)c21. The van der Waals surface area contributed by atoms with Gasteiger partial charge in [-0.25, -0.2) is 8.78 Å². The van der Waals surface area contributed by atoms with Crippen LogP contribution in [0.5, 0.6) is 0 Å². The molecule has 0 aliphatic carbocycles. The Balaban J connectivity index is 0.000000461. The number of fused-ring (bicyclic) bond motifs is 1. The van der Waals surface area contributed by atoms with Gasteiger partial charge >= 0.3 is 0 Å². The van der Waals surface area contributed by atoms with E-state index in [2.05, 4.69) is 25.7 Å². The van der Waals surface area contributed by atoms with Crippen LogP contribution in [0.15, 0.2) is 55.0 Å². The molecule has 3 aromatic heterocycles. The van der Waals surface area contributed by atoms with Crippen molar-refractivity contribution in [3.63, 3.8) is 0 Å². The number of rotatable bonds is 5. The maximum Gasteiger partial charge on any atom is 0.207 e. The van der Waals surface area contributed by atoms with Crippen molar-refractivity contribution in [2.45, 2.75) is 6.92 Å². The number of aryl methyl sites for hydroxylation is 1. The minimum atomic E-state index is -0.524. The van der Waals surface area contributed by atoms with Gasteiger partial charge in [-0.3, -0.25) is 19.4 Å². The number of benzene rings is 1. The van der Waals surface area contributed by atoms with Crippen LogP contribution in [0.3, 0.4) is 0 Å². The van der Waals surface area contributed by atoms with E-state index < -0.39 is 11.6 Å². The Morgan fingerprint density at radius 1 is 1.10 bits per heavy atom. The predicted octanol–water partition coefficient (Wildman–Crippen LogP) is 3.80. The first-order chi connectivity index (χ1) is 14.5. The summed E-state index contributed by atoms with van der Waals surface area (Å²) >= 11 is 0. The lowest BCUT2D eigenvalue weighted by Gasteiger charge is -2.10. The number of nitrogens with zero attached hydrogens (tertiary/aromatic N) is 4. The maximum atomic E-state index is 14.0. The Morgan fingerprint density at radius 2 is 1.90 bits per heavy atom. The highest BCUT2D eigenvalue weighted by atomic mass is 19.1. The molecule has 0 atom stereocenters. The van der Waals surface area contributed by atoms with Gasteiger partial charge in [-0.1, -0.05) is 0 Å². The van der Waals surface area contributed by atoms with Gasteiger partial charge in [0.25, 0.3) is 0 Å². The Bertz CT molecular complexity index is 1160. The van der Waals surface area contributed by atoms with Gasteiger partial charge in [-0.15, -0.1) is 0 Å². The molecule has 4 aromatic rings. The van der Waals surface area contributed by atoms with Crippen LogP contribution in [-0.4, -0.2) is 32.7 Å². The molecule has 0 fully saturated rings. The molecule has 0 aliphatic heterocycles. The van der Waals surface area contributed by atoms with Crippen LogP contribution in [0, 0.1) is 11.6 Å². The van der Waals surface area contributed by atoms with Crippen LogP contribution in [0.4, 0.5) is 20.2 Å². The lowest BCUT2D eigenvalue weighted by atomic mass is 10.1. The summed E-state index contributed by atoms with van der Waals surface area (Å²) in [5.74, 6) is -1.04. The fourth-order valence-corrected chi connectivity index (χ4v) is 2.79. The molecule has 0 unspecified atom stereocenters. The number of aromatic nitrogens is 4. The van der Waals surface area contributed by atoms with Crippen molar-refractivity contribution >= 4 is 28.8 Å². The highest BCUT2D eigenvalue weighted by molar-refractivity contribution is 5.89. The summed E-state index contributed by atoms with van der Waals surface area (Å²) in [7, 11) is 1.83. The largest absolute Gasteiger partial charge is 0.359 e. The topological polar surface area (TPSA) is 84.7 Å². The summed E-state index contributed by atoms with van der Waals surface area (Å²) in [6, 6.07) is 8.55. The molecule has 1 amide bonds. The van der Waals surface area contributed by atoms with Crippen molar-refractivity contribution < 1.29 is 13.6 Å². The van der Waals surface area contributed by atoms with Gasteiger partial charge in [-0.05, 0) is 43.3 Å². The molecular weight excluding hydrogens is 390 g/mol. The highest BCUT2D eigenvalue weighted by Gasteiger charge is 2.11. The van der Waals surface area contributed by atoms with Crippen LogP contribution in [0.2, 0.25) is 0 Å². The molecule has 30 heavy (non-hydrogen) atoms. The second kappa shape index (κ2) is 9.55. The fourth-order valence-electron chi connectivity index (χ4n) is 2.79. The first-order valence-electron chi connectivity index (χ1n) is 9.15. The van der Waals surface area contributed by atoms with Crippen molar-refractivity contribution in [2.24, 2.45) is 7.05 Å². The van der Waals surface area contributed by atoms with Crippen LogP contribution in [-0.2, 0) is 11.8 Å². The first-order valence-corrected chi connectivity index (χ1v) is 9.15. The lowest BCUT2D eigenvalue weighted by molar-refractivity contribution is -0.109. The number of halogens is 2. The van der Waals surface area contributed by atoms with Gasteiger partial charge in [0.2, 0.25) is 6.41 Å². The molecule has 154 valence electrons. The quantitative estimate of drug-likeness (QED) is 0.489. The lowest BCUT2D eigenvalue weighted by Crippen LogP contribution is -2.07. The third-order valence-corrected chi connectivity index (χ3v) is 4.16. The van der Waals surface area contributed by atoms with Crippen LogP contribution < -0.4 is 10.6 Å². The molecular formula is C21H20F2N6O. The second-order valence-corrected chi connectivity index (χ2v) is 6.21. The van der Waals surface area contributed by atoms with Gasteiger partial charge in [0.15, 0.2) is 0 Å². The number of hydrogen-bond acceptors (Lipinski definition) is 5. The van der Waals surface area contributed by atoms with E-state index in [4.69, 9.17) is 0 Å². The molecule has 9 heteroatoms. The molecule has 0 bridgehead atoms. The minimum Gasteiger partial charge on any atom is -0.359 e. The molecule has 2 N–H and O–H groups in total. The van der Waals surface area contributed by atoms with Crippen LogP contribution >= 0.6 is 0 Å². The van der Waals surface area contributed by atoms with Gasteiger partial charge in [0, 0.05) is 37.2 Å². The molecule has 0 aliphatic rings. The number of hydrogen-bond donors (Lipinski definition) is 2. The fraction of sp³-hybridized carbons (Fsp3) is 0.143. The zero-order valence-electron chi connectivity index (χ0n) is 16.4. The Hall–Kier alpha value is -3.88. The average molecular weight is 410 g/mol. The number of nitrogens with one attached hydrogen (secondary N) is 2. The van der Waals surface area contributed by atoms with E-state index >= 15 is 0 Å². The van der Waals surface area contributed by atoms with E-state index in [0.29, 0.717) is 17.8 Å². The third kappa shape index (κ3) is 4.75. The predicted molar refractivity (Wildman–Crippen MR) is 111 cm³/mol. The Morgan fingerprint density at radius 3 is 2.63 bits per heavy atom. The molecule has 0 saturated heterocycles. The summed E-state index contributed by atoms with van der Waals surface area (Å²) in [6.45, 7) is 2.60. The number of amides is 1. The highest BCUT2D eigenvalue weighted by Crippen LogP contribution is 2.28. The summed E-state index contributed by atoms with van der Waals surface area (Å²) in [4.78, 5) is 17.7. The summed E-state index contributed by atoms with van der Waals surface area (Å²) in [5.41, 5.74) is 3.57. The second-order valence-electron chi connectivity index (χ2n) is 6.21. The standard InChI is InChI=1S/C18H13F2N5.C3H7NO/c1-25-18-15(5-7-22-17(18)10-23-25)24-12-4-6-21-16(9-12)13-8-11(19)2-3-14(13)20;1-2-4-3-5/h2-10H,1H3,(H,21,22,24);3H,2H2,1H3,(H,4,5). The monoisotopic (exact) mass is 410 g/mol. The summed E-state index contributed by atoms with van der Waals surface area (Å²) in [6.07, 6.45) is 5.59. The molecule has 0 radical (unpaired) electrons. The van der Waals surface area contributed by atoms with E-state index in [9.17, 15) is 13.6 Å². The molecule has 0 saturated carbocycles. The van der Waals surface area contributed by atoms with Gasteiger partial charge in [0.1, 0.15) is 22.7 Å². The van der Waals surface area contributed by atoms with Crippen molar-refractivity contribution in [3.05, 3.63) is 66.6 Å². The zero-order chi connectivity index (χ0) is 21.5. The molecule has 3 heterocycles. The molecule has 1 aromatic carbocycles.